The van der Waals surface area contributed by atoms with E-state index < -0.39 is 0 Å². The van der Waals surface area contributed by atoms with Crippen LogP contribution in [0.4, 0.5) is 4.39 Å². The third-order valence-electron chi connectivity index (χ3n) is 1.96. The van der Waals surface area contributed by atoms with Crippen molar-refractivity contribution in [1.82, 2.24) is 0 Å². The average Bonchev–Trinajstić information content (AvgIpc) is 2.06. The zero-order valence-corrected chi connectivity index (χ0v) is 7.65. The fraction of sp³-hybridized carbons (Fsp3) is 0.400. The Morgan fingerprint density at radius 2 is 2.08 bits per heavy atom. The van der Waals surface area contributed by atoms with Crippen LogP contribution >= 0.6 is 0 Å². The molecule has 1 rings (SSSR count). The third-order valence-corrected chi connectivity index (χ3v) is 1.96. The van der Waals surface area contributed by atoms with Gasteiger partial charge in [0.2, 0.25) is 0 Å². The Bertz CT molecular complexity index is 281. The van der Waals surface area contributed by atoms with Gasteiger partial charge in [-0.3, -0.25) is 0 Å². The highest BCUT2D eigenvalue weighted by atomic mass is 19.1. The minimum Gasteiger partial charge on any atom is -0.493 e. The molecule has 2 heteroatoms. The van der Waals surface area contributed by atoms with Gasteiger partial charge in [-0.25, -0.2) is 4.39 Å². The number of methoxy groups -OCH3 is 1. The lowest BCUT2D eigenvalue weighted by atomic mass is 10.1. The summed E-state index contributed by atoms with van der Waals surface area (Å²) >= 11 is 0. The molecule has 0 aliphatic rings. The van der Waals surface area contributed by atoms with Crippen molar-refractivity contribution in [2.24, 2.45) is 0 Å². The highest BCUT2D eigenvalue weighted by Crippen LogP contribution is 2.24. The number of benzene rings is 1. The molecule has 0 bridgehead atoms. The van der Waals surface area contributed by atoms with Crippen molar-refractivity contribution in [3.8, 4) is 5.75 Å². The minimum absolute atomic E-state index is 0.222. The van der Waals surface area contributed by atoms with Crippen molar-refractivity contribution in [3.63, 3.8) is 0 Å². The lowest BCUT2D eigenvalue weighted by Crippen LogP contribution is -1.96. The van der Waals surface area contributed by atoms with E-state index in [2.05, 4.69) is 0 Å². The second-order valence-electron chi connectivity index (χ2n) is 2.74. The summed E-state index contributed by atoms with van der Waals surface area (Å²) in [5.74, 6) is 0.148. The molecule has 0 spiro atoms. The molecular formula is C10H13FO. The number of ether oxygens (including phenoxy) is 1. The molecule has 0 radical (unpaired) electrons. The highest BCUT2D eigenvalue weighted by Gasteiger charge is 2.09. The van der Waals surface area contributed by atoms with Crippen LogP contribution in [0.15, 0.2) is 12.1 Å². The summed E-state index contributed by atoms with van der Waals surface area (Å²) in [5, 5.41) is 0. The molecule has 0 aliphatic carbocycles. The van der Waals surface area contributed by atoms with Crippen molar-refractivity contribution >= 4 is 0 Å². The van der Waals surface area contributed by atoms with E-state index in [1.165, 1.54) is 7.11 Å². The second-order valence-corrected chi connectivity index (χ2v) is 2.74. The van der Waals surface area contributed by atoms with Crippen LogP contribution in [0.3, 0.4) is 0 Å². The summed E-state index contributed by atoms with van der Waals surface area (Å²) in [6.07, 6.45) is 0.697. The molecule has 1 nitrogen and oxygen atoms in total. The van der Waals surface area contributed by atoms with Crippen molar-refractivity contribution in [3.05, 3.63) is 29.1 Å². The lowest BCUT2D eigenvalue weighted by Gasteiger charge is -2.08. The minimum atomic E-state index is -0.222. The Balaban J connectivity index is 3.24. The fourth-order valence-electron chi connectivity index (χ4n) is 1.22. The predicted molar refractivity (Wildman–Crippen MR) is 47.1 cm³/mol. The topological polar surface area (TPSA) is 9.23 Å². The molecule has 12 heavy (non-hydrogen) atoms. The van der Waals surface area contributed by atoms with Gasteiger partial charge in [-0.05, 0) is 24.5 Å². The van der Waals surface area contributed by atoms with E-state index in [-0.39, 0.29) is 5.82 Å². The van der Waals surface area contributed by atoms with Gasteiger partial charge < -0.3 is 4.74 Å². The van der Waals surface area contributed by atoms with E-state index in [1.807, 2.05) is 19.9 Å². The molecular weight excluding hydrogens is 155 g/mol. The van der Waals surface area contributed by atoms with Gasteiger partial charge in [-0.1, -0.05) is 19.1 Å². The Morgan fingerprint density at radius 1 is 1.42 bits per heavy atom. The zero-order valence-electron chi connectivity index (χ0n) is 7.65. The van der Waals surface area contributed by atoms with Gasteiger partial charge in [0.05, 0.1) is 7.11 Å². The number of hydrogen-bond donors (Lipinski definition) is 0. The van der Waals surface area contributed by atoms with Gasteiger partial charge in [-0.2, -0.15) is 0 Å². The van der Waals surface area contributed by atoms with Crippen LogP contribution < -0.4 is 4.74 Å². The standard InChI is InChI=1S/C10H13FO/c1-4-8-6-5-7(2)10(12-3)9(8)11/h5-6H,4H2,1-3H3. The van der Waals surface area contributed by atoms with E-state index in [9.17, 15) is 4.39 Å². The summed E-state index contributed by atoms with van der Waals surface area (Å²) in [5.41, 5.74) is 1.55. The maximum Gasteiger partial charge on any atom is 0.168 e. The SMILES string of the molecule is CCc1ccc(C)c(OC)c1F. The average molecular weight is 168 g/mol. The molecule has 0 fully saturated rings. The molecule has 1 aromatic carbocycles. The van der Waals surface area contributed by atoms with Crippen molar-refractivity contribution in [2.75, 3.05) is 7.11 Å². The Labute approximate surface area is 72.2 Å². The number of aryl methyl sites for hydroxylation is 2. The first-order chi connectivity index (χ1) is 5.70. The van der Waals surface area contributed by atoms with Gasteiger partial charge in [0.25, 0.3) is 0 Å². The van der Waals surface area contributed by atoms with Crippen LogP contribution in [0.25, 0.3) is 0 Å². The molecule has 0 amide bonds. The van der Waals surface area contributed by atoms with Crippen molar-refractivity contribution < 1.29 is 9.13 Å². The Morgan fingerprint density at radius 3 is 2.58 bits per heavy atom. The normalized spacial score (nSPS) is 10.0. The first-order valence-corrected chi connectivity index (χ1v) is 4.02. The number of hydrogen-bond acceptors (Lipinski definition) is 1. The van der Waals surface area contributed by atoms with Gasteiger partial charge >= 0.3 is 0 Å². The van der Waals surface area contributed by atoms with Crippen molar-refractivity contribution in [2.45, 2.75) is 20.3 Å². The van der Waals surface area contributed by atoms with Crippen LogP contribution in [0.1, 0.15) is 18.1 Å². The largest absolute Gasteiger partial charge is 0.493 e. The number of halogens is 1. The fourth-order valence-corrected chi connectivity index (χ4v) is 1.22. The monoisotopic (exact) mass is 168 g/mol. The molecule has 66 valence electrons. The molecule has 0 aromatic heterocycles. The van der Waals surface area contributed by atoms with Gasteiger partial charge in [-0.15, -0.1) is 0 Å². The van der Waals surface area contributed by atoms with E-state index >= 15 is 0 Å². The van der Waals surface area contributed by atoms with E-state index in [1.54, 1.807) is 6.07 Å². The van der Waals surface area contributed by atoms with E-state index in [4.69, 9.17) is 4.74 Å². The molecule has 0 N–H and O–H groups in total. The molecule has 0 saturated carbocycles. The molecule has 0 saturated heterocycles. The lowest BCUT2D eigenvalue weighted by molar-refractivity contribution is 0.381. The quantitative estimate of drug-likeness (QED) is 0.659. The predicted octanol–water partition coefficient (Wildman–Crippen LogP) is 2.71. The molecule has 0 atom stereocenters. The van der Waals surface area contributed by atoms with E-state index in [0.29, 0.717) is 17.7 Å². The van der Waals surface area contributed by atoms with Gasteiger partial charge in [0.15, 0.2) is 11.6 Å². The molecule has 0 unspecified atom stereocenters. The smallest absolute Gasteiger partial charge is 0.168 e. The third kappa shape index (κ3) is 1.42. The van der Waals surface area contributed by atoms with Crippen LogP contribution in [-0.2, 0) is 6.42 Å². The van der Waals surface area contributed by atoms with Crippen LogP contribution in [0, 0.1) is 12.7 Å². The van der Waals surface area contributed by atoms with Crippen LogP contribution in [0.5, 0.6) is 5.75 Å². The summed E-state index contributed by atoms with van der Waals surface area (Å²) in [6.45, 7) is 3.76. The van der Waals surface area contributed by atoms with Gasteiger partial charge in [0, 0.05) is 0 Å². The van der Waals surface area contributed by atoms with Crippen LogP contribution in [0.2, 0.25) is 0 Å². The number of rotatable bonds is 2. The maximum absolute atomic E-state index is 13.4. The summed E-state index contributed by atoms with van der Waals surface area (Å²) < 4.78 is 18.4. The van der Waals surface area contributed by atoms with Gasteiger partial charge in [0.1, 0.15) is 0 Å². The first-order valence-electron chi connectivity index (χ1n) is 4.02. The van der Waals surface area contributed by atoms with E-state index in [0.717, 1.165) is 5.56 Å². The summed E-state index contributed by atoms with van der Waals surface area (Å²) in [6, 6.07) is 3.67. The first kappa shape index (κ1) is 9.04. The Hall–Kier alpha value is -1.05. The van der Waals surface area contributed by atoms with Crippen molar-refractivity contribution in [1.29, 1.82) is 0 Å². The molecule has 0 aliphatic heterocycles. The molecule has 0 heterocycles. The molecule has 1 aromatic rings. The zero-order chi connectivity index (χ0) is 9.14. The highest BCUT2D eigenvalue weighted by molar-refractivity contribution is 5.38. The summed E-state index contributed by atoms with van der Waals surface area (Å²) in [4.78, 5) is 0. The maximum atomic E-state index is 13.4. The second kappa shape index (κ2) is 3.57. The van der Waals surface area contributed by atoms with Crippen LogP contribution in [-0.4, -0.2) is 7.11 Å². The summed E-state index contributed by atoms with van der Waals surface area (Å²) in [7, 11) is 1.49. The Kier molecular flexibility index (Phi) is 2.69.